The van der Waals surface area contributed by atoms with Crippen LogP contribution in [0.1, 0.15) is 11.1 Å². The van der Waals surface area contributed by atoms with Crippen LogP contribution in [0, 0.1) is 22.7 Å². The lowest BCUT2D eigenvalue weighted by atomic mass is 9.97. The monoisotopic (exact) mass is 703 g/mol. The molecule has 258 valence electrons. The van der Waals surface area contributed by atoms with Gasteiger partial charge in [-0.1, -0.05) is 109 Å². The fraction of sp³-hybridized carbons (Fsp3) is 0. The number of hydrogen-bond acceptors (Lipinski definition) is 4. The summed E-state index contributed by atoms with van der Waals surface area (Å²) < 4.78 is 2.39. The molecule has 0 saturated heterocycles. The molecule has 0 radical (unpaired) electrons. The van der Waals surface area contributed by atoms with Crippen LogP contribution in [-0.4, -0.2) is 4.57 Å². The molecule has 5 heteroatoms. The van der Waals surface area contributed by atoms with Gasteiger partial charge in [0.25, 0.3) is 0 Å². The van der Waals surface area contributed by atoms with Gasteiger partial charge in [0.1, 0.15) is 0 Å². The zero-order valence-corrected chi connectivity index (χ0v) is 29.8. The summed E-state index contributed by atoms with van der Waals surface area (Å²) in [7, 11) is 0. The summed E-state index contributed by atoms with van der Waals surface area (Å²) in [6, 6.07) is 73.2. The fourth-order valence-corrected chi connectivity index (χ4v) is 7.59. The molecule has 0 aliphatic rings. The predicted molar refractivity (Wildman–Crippen MR) is 225 cm³/mol. The lowest BCUT2D eigenvalue weighted by Gasteiger charge is -2.34. The molecule has 0 amide bonds. The average Bonchev–Trinajstić information content (AvgIpc) is 3.59. The number of aromatic nitrogens is 1. The van der Waals surface area contributed by atoms with Crippen LogP contribution in [0.3, 0.4) is 0 Å². The normalized spacial score (nSPS) is 10.9. The number of para-hydroxylation sites is 6. The van der Waals surface area contributed by atoms with Crippen LogP contribution >= 0.6 is 0 Å². The Bertz CT molecular complexity index is 2620. The fourth-order valence-electron chi connectivity index (χ4n) is 7.59. The highest BCUT2D eigenvalue weighted by atomic mass is 15.2. The van der Waals surface area contributed by atoms with Crippen molar-refractivity contribution in [3.05, 3.63) is 211 Å². The Balaban J connectivity index is 1.52. The van der Waals surface area contributed by atoms with E-state index in [0.29, 0.717) is 11.1 Å². The molecule has 5 nitrogen and oxygen atoms in total. The topological polar surface area (TPSA) is 59.0 Å². The van der Waals surface area contributed by atoms with E-state index in [4.69, 9.17) is 0 Å². The highest BCUT2D eigenvalue weighted by Crippen LogP contribution is 2.50. The van der Waals surface area contributed by atoms with Crippen molar-refractivity contribution in [1.29, 1.82) is 10.5 Å². The minimum atomic E-state index is 0.426. The van der Waals surface area contributed by atoms with Gasteiger partial charge in [0.2, 0.25) is 0 Å². The molecule has 0 atom stereocenters. The molecule has 0 unspecified atom stereocenters. The third-order valence-electron chi connectivity index (χ3n) is 9.94. The van der Waals surface area contributed by atoms with E-state index >= 15 is 0 Å². The molecule has 1 aromatic heterocycles. The van der Waals surface area contributed by atoms with Crippen molar-refractivity contribution in [2.75, 3.05) is 9.80 Å². The largest absolute Gasteiger partial charge is 0.308 e. The van der Waals surface area contributed by atoms with E-state index in [9.17, 15) is 10.5 Å². The van der Waals surface area contributed by atoms with Crippen LogP contribution in [0.4, 0.5) is 34.1 Å². The van der Waals surface area contributed by atoms with E-state index in [-0.39, 0.29) is 0 Å². The summed E-state index contributed by atoms with van der Waals surface area (Å²) in [6.07, 6.45) is 0. The SMILES string of the molecule is N#Cc1cc(C#N)cc(-c2cc(N(c3ccccc3)c3ccccc3)c(-n3c4ccccc4c4ccccc43)c(N(c3ccccc3)c3ccccc3)c2)c1. The molecule has 55 heavy (non-hydrogen) atoms. The second kappa shape index (κ2) is 14.3. The second-order valence-corrected chi connectivity index (χ2v) is 13.3. The van der Waals surface area contributed by atoms with Gasteiger partial charge in [-0.15, -0.1) is 0 Å². The Morgan fingerprint density at radius 3 is 1.05 bits per heavy atom. The van der Waals surface area contributed by atoms with Crippen LogP contribution in [-0.2, 0) is 0 Å². The van der Waals surface area contributed by atoms with E-state index in [2.05, 4.69) is 184 Å². The molecule has 0 aliphatic carbocycles. The minimum Gasteiger partial charge on any atom is -0.308 e. The lowest BCUT2D eigenvalue weighted by Crippen LogP contribution is -2.18. The summed E-state index contributed by atoms with van der Waals surface area (Å²) in [5.74, 6) is 0. The first-order chi connectivity index (χ1) is 27.2. The van der Waals surface area contributed by atoms with Crippen molar-refractivity contribution in [3.63, 3.8) is 0 Å². The summed E-state index contributed by atoms with van der Waals surface area (Å²) in [5.41, 5.74) is 11.3. The zero-order chi connectivity index (χ0) is 37.1. The Kier molecular flexibility index (Phi) is 8.57. The molecule has 0 saturated carbocycles. The van der Waals surface area contributed by atoms with Crippen molar-refractivity contribution in [1.82, 2.24) is 4.57 Å². The first kappa shape index (κ1) is 33.0. The Morgan fingerprint density at radius 1 is 0.364 bits per heavy atom. The summed E-state index contributed by atoms with van der Waals surface area (Å²) in [4.78, 5) is 4.61. The number of nitriles is 2. The molecule has 0 aliphatic heterocycles. The third-order valence-corrected chi connectivity index (χ3v) is 9.94. The van der Waals surface area contributed by atoms with E-state index in [0.717, 1.165) is 72.7 Å². The van der Waals surface area contributed by atoms with Crippen molar-refractivity contribution >= 4 is 55.9 Å². The number of benzene rings is 8. The van der Waals surface area contributed by atoms with Gasteiger partial charge in [0, 0.05) is 33.5 Å². The number of anilines is 6. The number of hydrogen-bond donors (Lipinski definition) is 0. The maximum Gasteiger partial charge on any atom is 0.0992 e. The van der Waals surface area contributed by atoms with Crippen LogP contribution in [0.2, 0.25) is 0 Å². The van der Waals surface area contributed by atoms with Gasteiger partial charge in [-0.3, -0.25) is 0 Å². The van der Waals surface area contributed by atoms with Crippen LogP contribution in [0.5, 0.6) is 0 Å². The van der Waals surface area contributed by atoms with Gasteiger partial charge >= 0.3 is 0 Å². The third kappa shape index (κ3) is 6.03. The molecule has 0 N–H and O–H groups in total. The average molecular weight is 704 g/mol. The summed E-state index contributed by atoms with van der Waals surface area (Å²) >= 11 is 0. The highest BCUT2D eigenvalue weighted by molar-refractivity contribution is 6.11. The molecule has 0 bridgehead atoms. The van der Waals surface area contributed by atoms with Crippen LogP contribution in [0.15, 0.2) is 200 Å². The lowest BCUT2D eigenvalue weighted by molar-refractivity contribution is 1.13. The predicted octanol–water partition coefficient (Wildman–Crippen LogP) is 13.1. The summed E-state index contributed by atoms with van der Waals surface area (Å²) in [5, 5.41) is 22.5. The maximum absolute atomic E-state index is 10.1. The Labute approximate surface area is 320 Å². The Hall–Kier alpha value is -7.86. The molecule has 1 heterocycles. The van der Waals surface area contributed by atoms with E-state index in [1.165, 1.54) is 0 Å². The van der Waals surface area contributed by atoms with Gasteiger partial charge in [-0.25, -0.2) is 0 Å². The van der Waals surface area contributed by atoms with Crippen LogP contribution in [0.25, 0.3) is 38.6 Å². The van der Waals surface area contributed by atoms with Crippen LogP contribution < -0.4 is 9.80 Å². The van der Waals surface area contributed by atoms with Gasteiger partial charge in [0.15, 0.2) is 0 Å². The maximum atomic E-state index is 10.1. The van der Waals surface area contributed by atoms with Crippen molar-refractivity contribution in [2.24, 2.45) is 0 Å². The van der Waals surface area contributed by atoms with Crippen molar-refractivity contribution in [2.45, 2.75) is 0 Å². The molecule has 8 aromatic carbocycles. The number of rotatable bonds is 8. The van der Waals surface area contributed by atoms with E-state index in [1.807, 2.05) is 36.4 Å². The van der Waals surface area contributed by atoms with E-state index < -0.39 is 0 Å². The standard InChI is InChI=1S/C50H33N5/c51-34-36-29-37(35-52)31-38(30-36)39-32-48(53(40-17-5-1-6-18-40)41-19-7-2-8-20-41)50(55-46-27-15-13-25-44(46)45-26-14-16-28-47(45)55)49(33-39)54(42-21-9-3-10-22-42)43-23-11-4-12-24-43/h1-33H. The Morgan fingerprint density at radius 2 is 0.691 bits per heavy atom. The molecular formula is C50H33N5. The van der Waals surface area contributed by atoms with Gasteiger partial charge in [-0.2, -0.15) is 10.5 Å². The summed E-state index contributed by atoms with van der Waals surface area (Å²) in [6.45, 7) is 0. The number of fused-ring (bicyclic) bond motifs is 3. The molecule has 9 aromatic rings. The van der Waals surface area contributed by atoms with Gasteiger partial charge in [-0.05, 0) is 102 Å². The highest BCUT2D eigenvalue weighted by Gasteiger charge is 2.28. The second-order valence-electron chi connectivity index (χ2n) is 13.3. The van der Waals surface area contributed by atoms with Crippen molar-refractivity contribution in [3.8, 4) is 29.0 Å². The molecule has 9 rings (SSSR count). The molecular weight excluding hydrogens is 671 g/mol. The number of nitrogens with zero attached hydrogens (tertiary/aromatic N) is 5. The van der Waals surface area contributed by atoms with Crippen molar-refractivity contribution < 1.29 is 0 Å². The first-order valence-corrected chi connectivity index (χ1v) is 18.1. The van der Waals surface area contributed by atoms with E-state index in [1.54, 1.807) is 6.07 Å². The smallest absolute Gasteiger partial charge is 0.0992 e. The van der Waals surface area contributed by atoms with Gasteiger partial charge < -0.3 is 14.4 Å². The zero-order valence-electron chi connectivity index (χ0n) is 29.8. The molecule has 0 fully saturated rings. The quantitative estimate of drug-likeness (QED) is 0.158. The first-order valence-electron chi connectivity index (χ1n) is 18.1. The minimum absolute atomic E-state index is 0.426. The van der Waals surface area contributed by atoms with Gasteiger partial charge in [0.05, 0.1) is 51.4 Å². The molecule has 0 spiro atoms.